The summed E-state index contributed by atoms with van der Waals surface area (Å²) in [5, 5.41) is 10.9. The van der Waals surface area contributed by atoms with Crippen molar-refractivity contribution in [2.24, 2.45) is 0 Å². The number of hydrogen-bond donors (Lipinski definition) is 2. The summed E-state index contributed by atoms with van der Waals surface area (Å²) in [5.41, 5.74) is 2.36. The molecule has 2 unspecified atom stereocenters. The van der Waals surface area contributed by atoms with Gasteiger partial charge in [-0.05, 0) is 56.5 Å². The van der Waals surface area contributed by atoms with Crippen molar-refractivity contribution in [3.8, 4) is 0 Å². The van der Waals surface area contributed by atoms with E-state index in [9.17, 15) is 9.59 Å². The van der Waals surface area contributed by atoms with Gasteiger partial charge in [-0.3, -0.25) is 14.3 Å². The van der Waals surface area contributed by atoms with Crippen LogP contribution in [0.25, 0.3) is 0 Å². The van der Waals surface area contributed by atoms with Gasteiger partial charge in [-0.2, -0.15) is 5.10 Å². The first kappa shape index (κ1) is 21.3. The largest absolute Gasteiger partial charge is 0.344 e. The highest BCUT2D eigenvalue weighted by atomic mass is 35.5. The summed E-state index contributed by atoms with van der Waals surface area (Å²) in [6.07, 6.45) is 5.63. The summed E-state index contributed by atoms with van der Waals surface area (Å²) >= 11 is 0. The summed E-state index contributed by atoms with van der Waals surface area (Å²) in [6.45, 7) is 4.68. The van der Waals surface area contributed by atoms with Crippen LogP contribution in [0.4, 0.5) is 5.69 Å². The molecular weight excluding hydrogens is 390 g/mol. The maximum atomic E-state index is 12.6. The molecule has 2 aliphatic heterocycles. The molecule has 1 aromatic heterocycles. The summed E-state index contributed by atoms with van der Waals surface area (Å²) in [4.78, 5) is 26.3. The van der Waals surface area contributed by atoms with E-state index in [0.29, 0.717) is 18.2 Å². The lowest BCUT2D eigenvalue weighted by Gasteiger charge is -2.23. The Morgan fingerprint density at radius 1 is 1.24 bits per heavy atom. The minimum absolute atomic E-state index is 0. The molecule has 0 spiro atoms. The number of carbonyl (C=O) groups excluding carboxylic acids is 2. The summed E-state index contributed by atoms with van der Waals surface area (Å²) in [5.74, 6) is 0.00618. The van der Waals surface area contributed by atoms with Crippen LogP contribution in [0.1, 0.15) is 60.7 Å². The number of halogens is 1. The maximum absolute atomic E-state index is 12.6. The fraction of sp³-hybridized carbons (Fsp3) is 0.476. The summed E-state index contributed by atoms with van der Waals surface area (Å²) < 4.78 is 1.90. The van der Waals surface area contributed by atoms with Crippen molar-refractivity contribution in [1.82, 2.24) is 20.4 Å². The minimum Gasteiger partial charge on any atom is -0.344 e. The highest BCUT2D eigenvalue weighted by Crippen LogP contribution is 2.23. The predicted molar refractivity (Wildman–Crippen MR) is 115 cm³/mol. The first-order chi connectivity index (χ1) is 13.6. The fourth-order valence-corrected chi connectivity index (χ4v) is 3.94. The Hall–Kier alpha value is -2.38. The van der Waals surface area contributed by atoms with Crippen molar-refractivity contribution in [3.05, 3.63) is 47.8 Å². The number of piperidine rings is 1. The van der Waals surface area contributed by atoms with E-state index in [4.69, 9.17) is 0 Å². The van der Waals surface area contributed by atoms with Crippen LogP contribution >= 0.6 is 12.4 Å². The quantitative estimate of drug-likeness (QED) is 0.784. The van der Waals surface area contributed by atoms with E-state index in [2.05, 4.69) is 15.7 Å². The Kier molecular flexibility index (Phi) is 6.92. The molecule has 7 nitrogen and oxygen atoms in total. The minimum atomic E-state index is -0.172. The molecule has 29 heavy (non-hydrogen) atoms. The normalized spacial score (nSPS) is 20.2. The summed E-state index contributed by atoms with van der Waals surface area (Å²) in [7, 11) is 0. The number of nitrogens with one attached hydrogen (secondary N) is 2. The molecule has 0 aliphatic carbocycles. The molecule has 2 N–H and O–H groups in total. The molecule has 2 aromatic rings. The number of nitrogens with zero attached hydrogens (tertiary/aromatic N) is 3. The second-order valence-electron chi connectivity index (χ2n) is 7.62. The van der Waals surface area contributed by atoms with Gasteiger partial charge in [0.1, 0.15) is 5.69 Å². The number of benzene rings is 1. The van der Waals surface area contributed by atoms with Gasteiger partial charge in [-0.15, -0.1) is 12.4 Å². The van der Waals surface area contributed by atoms with Crippen molar-refractivity contribution in [1.29, 1.82) is 0 Å². The molecule has 2 fully saturated rings. The van der Waals surface area contributed by atoms with E-state index in [1.165, 1.54) is 0 Å². The second-order valence-corrected chi connectivity index (χ2v) is 7.62. The Balaban J connectivity index is 0.00000240. The van der Waals surface area contributed by atoms with E-state index in [1.54, 1.807) is 6.07 Å². The van der Waals surface area contributed by atoms with Gasteiger partial charge in [0, 0.05) is 31.4 Å². The third-order valence-corrected chi connectivity index (χ3v) is 5.61. The van der Waals surface area contributed by atoms with Crippen LogP contribution in [0.2, 0.25) is 0 Å². The molecule has 0 saturated carbocycles. The molecule has 2 atom stereocenters. The van der Waals surface area contributed by atoms with Gasteiger partial charge in [0.15, 0.2) is 0 Å². The number of carbonyl (C=O) groups is 2. The standard InChI is InChI=1S/C21H27N5O2.ClH/c1-15(16-6-8-17(9-7-16)25-12-3-5-20(25)27)23-21(28)19-10-13-26(24-19)18-4-2-11-22-14-18;/h6-10,13,15,18,22H,2-5,11-12,14H2,1H3,(H,23,28);1H. The average Bonchev–Trinajstić information content (AvgIpc) is 3.38. The van der Waals surface area contributed by atoms with Crippen LogP contribution in [0.3, 0.4) is 0 Å². The molecule has 2 amide bonds. The third-order valence-electron chi connectivity index (χ3n) is 5.61. The van der Waals surface area contributed by atoms with Crippen molar-refractivity contribution in [3.63, 3.8) is 0 Å². The van der Waals surface area contributed by atoms with Gasteiger partial charge in [-0.25, -0.2) is 0 Å². The second kappa shape index (κ2) is 9.41. The topological polar surface area (TPSA) is 79.3 Å². The zero-order chi connectivity index (χ0) is 19.5. The summed E-state index contributed by atoms with van der Waals surface area (Å²) in [6, 6.07) is 9.79. The van der Waals surface area contributed by atoms with E-state index in [0.717, 1.165) is 50.1 Å². The van der Waals surface area contributed by atoms with E-state index in [1.807, 2.05) is 47.0 Å². The van der Waals surface area contributed by atoms with Gasteiger partial charge in [-0.1, -0.05) is 12.1 Å². The van der Waals surface area contributed by atoms with Crippen LogP contribution in [-0.2, 0) is 4.79 Å². The number of rotatable bonds is 5. The van der Waals surface area contributed by atoms with Gasteiger partial charge < -0.3 is 15.5 Å². The number of amides is 2. The molecule has 8 heteroatoms. The van der Waals surface area contributed by atoms with Gasteiger partial charge in [0.25, 0.3) is 5.91 Å². The maximum Gasteiger partial charge on any atom is 0.272 e. The number of hydrogen-bond acceptors (Lipinski definition) is 4. The lowest BCUT2D eigenvalue weighted by atomic mass is 10.1. The Morgan fingerprint density at radius 2 is 2.03 bits per heavy atom. The zero-order valence-corrected chi connectivity index (χ0v) is 17.5. The molecule has 2 aliphatic rings. The van der Waals surface area contributed by atoms with Gasteiger partial charge >= 0.3 is 0 Å². The zero-order valence-electron chi connectivity index (χ0n) is 16.6. The van der Waals surface area contributed by atoms with Gasteiger partial charge in [0.2, 0.25) is 5.91 Å². The van der Waals surface area contributed by atoms with Crippen LogP contribution < -0.4 is 15.5 Å². The molecule has 1 aromatic carbocycles. The number of aromatic nitrogens is 2. The molecule has 3 heterocycles. The molecule has 2 saturated heterocycles. The van der Waals surface area contributed by atoms with Gasteiger partial charge in [0.05, 0.1) is 12.1 Å². The van der Waals surface area contributed by atoms with E-state index >= 15 is 0 Å². The third kappa shape index (κ3) is 4.79. The molecule has 0 bridgehead atoms. The highest BCUT2D eigenvalue weighted by molar-refractivity contribution is 5.95. The highest BCUT2D eigenvalue weighted by Gasteiger charge is 2.22. The van der Waals surface area contributed by atoms with E-state index < -0.39 is 0 Å². The molecule has 156 valence electrons. The van der Waals surface area contributed by atoms with Crippen molar-refractivity contribution < 1.29 is 9.59 Å². The van der Waals surface area contributed by atoms with Crippen molar-refractivity contribution in [2.75, 3.05) is 24.5 Å². The lowest BCUT2D eigenvalue weighted by molar-refractivity contribution is -0.117. The molecular formula is C21H28ClN5O2. The Labute approximate surface area is 177 Å². The fourth-order valence-electron chi connectivity index (χ4n) is 3.94. The predicted octanol–water partition coefficient (Wildman–Crippen LogP) is 2.85. The number of anilines is 1. The average molecular weight is 418 g/mol. The van der Waals surface area contributed by atoms with Crippen LogP contribution in [0, 0.1) is 0 Å². The monoisotopic (exact) mass is 417 g/mol. The SMILES string of the molecule is CC(NC(=O)c1ccn(C2CCCNC2)n1)c1ccc(N2CCCC2=O)cc1.Cl. The first-order valence-electron chi connectivity index (χ1n) is 10.1. The Morgan fingerprint density at radius 3 is 2.69 bits per heavy atom. The molecule has 4 rings (SSSR count). The van der Waals surface area contributed by atoms with Crippen molar-refractivity contribution >= 4 is 29.9 Å². The first-order valence-corrected chi connectivity index (χ1v) is 10.1. The van der Waals surface area contributed by atoms with Crippen LogP contribution in [-0.4, -0.2) is 41.2 Å². The Bertz CT molecular complexity index is 845. The van der Waals surface area contributed by atoms with Crippen LogP contribution in [0.15, 0.2) is 36.5 Å². The smallest absolute Gasteiger partial charge is 0.272 e. The lowest BCUT2D eigenvalue weighted by Crippen LogP contribution is -2.32. The van der Waals surface area contributed by atoms with Crippen LogP contribution in [0.5, 0.6) is 0 Å². The molecule has 0 radical (unpaired) electrons. The van der Waals surface area contributed by atoms with E-state index in [-0.39, 0.29) is 30.3 Å². The van der Waals surface area contributed by atoms with Crippen molar-refractivity contribution in [2.45, 2.75) is 44.7 Å².